The van der Waals surface area contributed by atoms with Gasteiger partial charge in [-0.3, -0.25) is 9.59 Å². The number of amides is 1. The van der Waals surface area contributed by atoms with Gasteiger partial charge in [0.2, 0.25) is 0 Å². The minimum absolute atomic E-state index is 0.0764. The highest BCUT2D eigenvalue weighted by molar-refractivity contribution is 7.98. The quantitative estimate of drug-likeness (QED) is 0.828. The Labute approximate surface area is 104 Å². The first-order valence-electron chi connectivity index (χ1n) is 5.28. The Balaban J connectivity index is 2.09. The smallest absolute Gasteiger partial charge is 0.310 e. The van der Waals surface area contributed by atoms with Gasteiger partial charge in [-0.05, 0) is 18.4 Å². The summed E-state index contributed by atoms with van der Waals surface area (Å²) in [4.78, 5) is 25.3. The molecule has 0 aromatic heterocycles. The van der Waals surface area contributed by atoms with Gasteiger partial charge in [-0.25, -0.2) is 0 Å². The topological polar surface area (TPSA) is 57.6 Å². The number of carboxylic acids is 1. The van der Waals surface area contributed by atoms with Crippen LogP contribution in [0.5, 0.6) is 0 Å². The third kappa shape index (κ3) is 2.29. The zero-order valence-corrected chi connectivity index (χ0v) is 10.2. The second-order valence-electron chi connectivity index (χ2n) is 3.95. The maximum atomic E-state index is 12.1. The first-order chi connectivity index (χ1) is 8.13. The van der Waals surface area contributed by atoms with E-state index in [1.165, 1.54) is 11.8 Å². The molecule has 1 aromatic rings. The molecule has 0 saturated carbocycles. The van der Waals surface area contributed by atoms with Gasteiger partial charge in [0, 0.05) is 18.0 Å². The predicted octanol–water partition coefficient (Wildman–Crippen LogP) is 1.57. The van der Waals surface area contributed by atoms with Crippen LogP contribution in [-0.2, 0) is 4.79 Å². The van der Waals surface area contributed by atoms with Crippen LogP contribution < -0.4 is 0 Å². The van der Waals surface area contributed by atoms with Crippen molar-refractivity contribution in [3.05, 3.63) is 29.8 Å². The molecule has 1 fully saturated rings. The van der Waals surface area contributed by atoms with Gasteiger partial charge in [-0.1, -0.05) is 12.1 Å². The summed E-state index contributed by atoms with van der Waals surface area (Å²) in [6, 6.07) is 7.38. The van der Waals surface area contributed by atoms with E-state index in [1.807, 2.05) is 24.5 Å². The summed E-state index contributed by atoms with van der Waals surface area (Å²) in [6.45, 7) is 0.633. The fourth-order valence-electron chi connectivity index (χ4n) is 1.79. The van der Waals surface area contributed by atoms with Crippen LogP contribution in [0.2, 0.25) is 0 Å². The Bertz CT molecular complexity index is 455. The molecule has 4 nitrogen and oxygen atoms in total. The summed E-state index contributed by atoms with van der Waals surface area (Å²) >= 11 is 1.52. The molecule has 1 aliphatic rings. The summed E-state index contributed by atoms with van der Waals surface area (Å²) in [5, 5.41) is 8.76. The van der Waals surface area contributed by atoms with Crippen LogP contribution >= 0.6 is 11.8 Å². The van der Waals surface area contributed by atoms with Crippen LogP contribution in [0.25, 0.3) is 0 Å². The fraction of sp³-hybridized carbons (Fsp3) is 0.333. The van der Waals surface area contributed by atoms with Gasteiger partial charge < -0.3 is 10.0 Å². The van der Waals surface area contributed by atoms with Crippen molar-refractivity contribution < 1.29 is 14.7 Å². The highest BCUT2D eigenvalue weighted by Gasteiger charge is 2.36. The summed E-state index contributed by atoms with van der Waals surface area (Å²) in [6.07, 6.45) is 1.92. The highest BCUT2D eigenvalue weighted by atomic mass is 32.2. The van der Waals surface area contributed by atoms with E-state index in [0.717, 1.165) is 4.90 Å². The van der Waals surface area contributed by atoms with Crippen molar-refractivity contribution >= 4 is 23.6 Å². The van der Waals surface area contributed by atoms with E-state index < -0.39 is 11.9 Å². The Kier molecular flexibility index (Phi) is 3.38. The van der Waals surface area contributed by atoms with E-state index in [4.69, 9.17) is 5.11 Å². The van der Waals surface area contributed by atoms with Crippen molar-refractivity contribution in [2.45, 2.75) is 4.90 Å². The number of likely N-dealkylation sites (tertiary alicyclic amines) is 1. The summed E-state index contributed by atoms with van der Waals surface area (Å²) in [7, 11) is 0. The maximum absolute atomic E-state index is 12.1. The first kappa shape index (κ1) is 12.0. The first-order valence-corrected chi connectivity index (χ1v) is 6.51. The van der Waals surface area contributed by atoms with Crippen LogP contribution in [-0.4, -0.2) is 41.2 Å². The molecule has 1 aromatic carbocycles. The lowest BCUT2D eigenvalue weighted by molar-refractivity contribution is -0.146. The molecule has 5 heteroatoms. The lowest BCUT2D eigenvalue weighted by Crippen LogP contribution is -2.53. The fourth-order valence-corrected chi connectivity index (χ4v) is 2.38. The zero-order chi connectivity index (χ0) is 12.4. The number of nitrogens with zero attached hydrogens (tertiary/aromatic N) is 1. The third-order valence-electron chi connectivity index (χ3n) is 2.86. The summed E-state index contributed by atoms with van der Waals surface area (Å²) in [5.74, 6) is -1.31. The van der Waals surface area contributed by atoms with Gasteiger partial charge in [-0.15, -0.1) is 11.8 Å². The third-order valence-corrected chi connectivity index (χ3v) is 3.65. The Morgan fingerprint density at radius 1 is 1.35 bits per heavy atom. The molecule has 0 unspecified atom stereocenters. The molecule has 0 atom stereocenters. The van der Waals surface area contributed by atoms with Crippen LogP contribution in [0.15, 0.2) is 29.2 Å². The second-order valence-corrected chi connectivity index (χ2v) is 4.79. The molecule has 1 amide bonds. The second kappa shape index (κ2) is 4.79. The van der Waals surface area contributed by atoms with E-state index in [2.05, 4.69) is 0 Å². The number of carbonyl (C=O) groups excluding carboxylic acids is 1. The molecule has 0 aliphatic carbocycles. The van der Waals surface area contributed by atoms with Crippen LogP contribution in [0.1, 0.15) is 10.4 Å². The minimum atomic E-state index is -0.827. The van der Waals surface area contributed by atoms with Gasteiger partial charge in [0.15, 0.2) is 0 Å². The molecular weight excluding hydrogens is 238 g/mol. The molecule has 1 N–H and O–H groups in total. The van der Waals surface area contributed by atoms with Crippen molar-refractivity contribution in [3.8, 4) is 0 Å². The van der Waals surface area contributed by atoms with Gasteiger partial charge in [0.1, 0.15) is 0 Å². The van der Waals surface area contributed by atoms with E-state index in [0.29, 0.717) is 18.7 Å². The van der Waals surface area contributed by atoms with Crippen molar-refractivity contribution in [2.24, 2.45) is 5.92 Å². The molecule has 0 spiro atoms. The monoisotopic (exact) mass is 251 g/mol. The van der Waals surface area contributed by atoms with Gasteiger partial charge >= 0.3 is 5.97 Å². The number of hydrogen-bond acceptors (Lipinski definition) is 3. The van der Waals surface area contributed by atoms with Crippen LogP contribution in [0.3, 0.4) is 0 Å². The van der Waals surface area contributed by atoms with Crippen molar-refractivity contribution in [3.63, 3.8) is 0 Å². The largest absolute Gasteiger partial charge is 0.481 e. The Hall–Kier alpha value is -1.49. The molecule has 17 heavy (non-hydrogen) atoms. The standard InChI is InChI=1S/C12H13NO3S/c1-17-10-5-3-2-4-9(10)11(14)13-6-8(7-13)12(15)16/h2-5,8H,6-7H2,1H3,(H,15,16). The molecule has 1 aliphatic heterocycles. The number of hydrogen-bond donors (Lipinski definition) is 1. The molecular formula is C12H13NO3S. The molecule has 0 radical (unpaired) electrons. The molecule has 90 valence electrons. The number of rotatable bonds is 3. The average Bonchev–Trinajstić information content (AvgIpc) is 2.26. The van der Waals surface area contributed by atoms with Crippen LogP contribution in [0.4, 0.5) is 0 Å². The molecule has 1 heterocycles. The number of carboxylic acid groups (broad SMARTS) is 1. The van der Waals surface area contributed by atoms with E-state index in [-0.39, 0.29) is 5.91 Å². The lowest BCUT2D eigenvalue weighted by atomic mass is 9.99. The van der Waals surface area contributed by atoms with Gasteiger partial charge in [-0.2, -0.15) is 0 Å². The number of aliphatic carboxylic acids is 1. The number of thioether (sulfide) groups is 1. The van der Waals surface area contributed by atoms with Crippen molar-refractivity contribution in [1.29, 1.82) is 0 Å². The number of carbonyl (C=O) groups is 2. The molecule has 2 rings (SSSR count). The van der Waals surface area contributed by atoms with E-state index in [1.54, 1.807) is 11.0 Å². The zero-order valence-electron chi connectivity index (χ0n) is 9.42. The Morgan fingerprint density at radius 3 is 2.59 bits per heavy atom. The summed E-state index contributed by atoms with van der Waals surface area (Å²) in [5.41, 5.74) is 0.656. The van der Waals surface area contributed by atoms with Crippen LogP contribution in [0, 0.1) is 5.92 Å². The minimum Gasteiger partial charge on any atom is -0.481 e. The SMILES string of the molecule is CSc1ccccc1C(=O)N1CC(C(=O)O)C1. The van der Waals surface area contributed by atoms with E-state index in [9.17, 15) is 9.59 Å². The Morgan fingerprint density at radius 2 is 2.00 bits per heavy atom. The van der Waals surface area contributed by atoms with E-state index >= 15 is 0 Å². The normalized spacial score (nSPS) is 15.5. The van der Waals surface area contributed by atoms with Crippen molar-refractivity contribution in [2.75, 3.05) is 19.3 Å². The van der Waals surface area contributed by atoms with Crippen molar-refractivity contribution in [1.82, 2.24) is 4.90 Å². The van der Waals surface area contributed by atoms with Gasteiger partial charge in [0.25, 0.3) is 5.91 Å². The number of benzene rings is 1. The highest BCUT2D eigenvalue weighted by Crippen LogP contribution is 2.25. The summed E-state index contributed by atoms with van der Waals surface area (Å²) < 4.78 is 0. The maximum Gasteiger partial charge on any atom is 0.310 e. The van der Waals surface area contributed by atoms with Gasteiger partial charge in [0.05, 0.1) is 11.5 Å². The lowest BCUT2D eigenvalue weighted by Gasteiger charge is -2.36. The predicted molar refractivity (Wildman–Crippen MR) is 65.3 cm³/mol. The average molecular weight is 251 g/mol. The molecule has 0 bridgehead atoms. The molecule has 1 saturated heterocycles.